The molecular formula is C22H19N3O3. The fourth-order valence-electron chi connectivity index (χ4n) is 3.12. The highest BCUT2D eigenvalue weighted by Crippen LogP contribution is 2.27. The third-order valence-electron chi connectivity index (χ3n) is 4.58. The fourth-order valence-corrected chi connectivity index (χ4v) is 3.12. The number of hydrogen-bond acceptors (Lipinski definition) is 4. The largest absolute Gasteiger partial charge is 0.497 e. The molecule has 0 aliphatic carbocycles. The molecule has 3 aromatic carbocycles. The van der Waals surface area contributed by atoms with Gasteiger partial charge in [-0.25, -0.2) is 0 Å². The predicted octanol–water partition coefficient (Wildman–Crippen LogP) is 3.80. The van der Waals surface area contributed by atoms with E-state index in [1.54, 1.807) is 37.4 Å². The number of methoxy groups -OCH3 is 1. The number of para-hydroxylation sites is 1. The number of amides is 2. The van der Waals surface area contributed by atoms with E-state index in [1.165, 1.54) is 0 Å². The monoisotopic (exact) mass is 373 g/mol. The lowest BCUT2D eigenvalue weighted by atomic mass is 10.1. The Morgan fingerprint density at radius 3 is 2.54 bits per heavy atom. The molecule has 6 nitrogen and oxygen atoms in total. The molecule has 0 saturated heterocycles. The lowest BCUT2D eigenvalue weighted by molar-refractivity contribution is 0.0934. The van der Waals surface area contributed by atoms with Crippen LogP contribution >= 0.6 is 0 Å². The molecule has 3 aromatic rings. The molecule has 140 valence electrons. The smallest absolute Gasteiger partial charge is 0.255 e. The van der Waals surface area contributed by atoms with Crippen molar-refractivity contribution in [2.24, 2.45) is 0 Å². The van der Waals surface area contributed by atoms with E-state index >= 15 is 0 Å². The number of anilines is 2. The zero-order chi connectivity index (χ0) is 19.5. The van der Waals surface area contributed by atoms with E-state index in [2.05, 4.69) is 16.0 Å². The standard InChI is InChI=1S/C22H19N3O3/c1-28-17-11-9-14(10-12-17)21(26)23-16-6-4-5-15(13-16)20-24-19-8-3-2-7-18(19)22(27)25-20/h2-13,20,24H,1H3,(H,23,26)(H,25,27)/t20-/m1/s1. The Labute approximate surface area is 162 Å². The van der Waals surface area contributed by atoms with Crippen molar-refractivity contribution in [3.05, 3.63) is 89.5 Å². The Balaban J connectivity index is 1.52. The highest BCUT2D eigenvalue weighted by atomic mass is 16.5. The minimum absolute atomic E-state index is 0.132. The van der Waals surface area contributed by atoms with E-state index in [0.717, 1.165) is 11.3 Å². The van der Waals surface area contributed by atoms with Gasteiger partial charge in [-0.3, -0.25) is 9.59 Å². The summed E-state index contributed by atoms with van der Waals surface area (Å²) in [7, 11) is 1.58. The number of carbonyl (C=O) groups is 2. The van der Waals surface area contributed by atoms with Crippen LogP contribution in [-0.4, -0.2) is 18.9 Å². The Morgan fingerprint density at radius 1 is 0.964 bits per heavy atom. The highest BCUT2D eigenvalue weighted by Gasteiger charge is 2.24. The Bertz CT molecular complexity index is 1030. The first kappa shape index (κ1) is 17.6. The van der Waals surface area contributed by atoms with Gasteiger partial charge in [0.15, 0.2) is 0 Å². The summed E-state index contributed by atoms with van der Waals surface area (Å²) in [6, 6.07) is 21.6. The molecule has 2 amide bonds. The van der Waals surface area contributed by atoms with E-state index in [1.807, 2.05) is 42.5 Å². The van der Waals surface area contributed by atoms with Gasteiger partial charge >= 0.3 is 0 Å². The van der Waals surface area contributed by atoms with Gasteiger partial charge in [0.1, 0.15) is 11.9 Å². The number of fused-ring (bicyclic) bond motifs is 1. The Kier molecular flexibility index (Phi) is 4.68. The normalized spacial score (nSPS) is 15.0. The van der Waals surface area contributed by atoms with Crippen molar-refractivity contribution >= 4 is 23.2 Å². The molecule has 0 fully saturated rings. The molecule has 1 atom stereocenters. The third kappa shape index (κ3) is 3.53. The summed E-state index contributed by atoms with van der Waals surface area (Å²) in [5.41, 5.74) is 3.42. The van der Waals surface area contributed by atoms with Crippen molar-refractivity contribution in [1.82, 2.24) is 5.32 Å². The molecule has 28 heavy (non-hydrogen) atoms. The molecule has 0 aromatic heterocycles. The zero-order valence-corrected chi connectivity index (χ0v) is 15.2. The van der Waals surface area contributed by atoms with E-state index in [9.17, 15) is 9.59 Å². The molecule has 4 rings (SSSR count). The van der Waals surface area contributed by atoms with Crippen LogP contribution < -0.4 is 20.7 Å². The maximum atomic E-state index is 12.5. The quantitative estimate of drug-likeness (QED) is 0.650. The summed E-state index contributed by atoms with van der Waals surface area (Å²) in [5.74, 6) is 0.343. The van der Waals surface area contributed by atoms with Crippen LogP contribution in [-0.2, 0) is 0 Å². The van der Waals surface area contributed by atoms with Gasteiger partial charge in [-0.2, -0.15) is 0 Å². The molecule has 6 heteroatoms. The topological polar surface area (TPSA) is 79.5 Å². The van der Waals surface area contributed by atoms with Gasteiger partial charge in [-0.05, 0) is 54.1 Å². The van der Waals surface area contributed by atoms with E-state index in [0.29, 0.717) is 22.6 Å². The molecule has 0 saturated carbocycles. The molecule has 0 unspecified atom stereocenters. The lowest BCUT2D eigenvalue weighted by Gasteiger charge is -2.28. The summed E-state index contributed by atoms with van der Waals surface area (Å²) in [6.45, 7) is 0. The summed E-state index contributed by atoms with van der Waals surface area (Å²) in [5, 5.41) is 9.13. The number of benzene rings is 3. The van der Waals surface area contributed by atoms with Gasteiger partial charge in [0, 0.05) is 16.9 Å². The van der Waals surface area contributed by atoms with Crippen molar-refractivity contribution in [3.63, 3.8) is 0 Å². The number of hydrogen-bond donors (Lipinski definition) is 3. The average Bonchev–Trinajstić information content (AvgIpc) is 2.74. The number of carbonyl (C=O) groups excluding carboxylic acids is 2. The Morgan fingerprint density at radius 2 is 1.75 bits per heavy atom. The molecule has 0 radical (unpaired) electrons. The predicted molar refractivity (Wildman–Crippen MR) is 108 cm³/mol. The van der Waals surface area contributed by atoms with E-state index < -0.39 is 0 Å². The summed E-state index contributed by atoms with van der Waals surface area (Å²) in [4.78, 5) is 24.8. The average molecular weight is 373 g/mol. The summed E-state index contributed by atoms with van der Waals surface area (Å²) < 4.78 is 5.11. The van der Waals surface area contributed by atoms with Crippen LogP contribution in [0.2, 0.25) is 0 Å². The first-order valence-electron chi connectivity index (χ1n) is 8.86. The second-order valence-corrected chi connectivity index (χ2v) is 6.40. The zero-order valence-electron chi connectivity index (χ0n) is 15.2. The highest BCUT2D eigenvalue weighted by molar-refractivity contribution is 6.04. The molecule has 0 spiro atoms. The lowest BCUT2D eigenvalue weighted by Crippen LogP contribution is -2.38. The number of ether oxygens (including phenoxy) is 1. The number of rotatable bonds is 4. The molecule has 3 N–H and O–H groups in total. The SMILES string of the molecule is COc1ccc(C(=O)Nc2cccc([C@H]3NC(=O)c4ccccc4N3)c2)cc1. The van der Waals surface area contributed by atoms with Crippen LogP contribution in [0.3, 0.4) is 0 Å². The van der Waals surface area contributed by atoms with Gasteiger partial charge in [0.05, 0.1) is 12.7 Å². The van der Waals surface area contributed by atoms with Crippen molar-refractivity contribution < 1.29 is 14.3 Å². The van der Waals surface area contributed by atoms with Crippen LogP contribution in [0, 0.1) is 0 Å². The first-order chi connectivity index (χ1) is 13.6. The summed E-state index contributed by atoms with van der Waals surface area (Å²) in [6.07, 6.45) is -0.375. The van der Waals surface area contributed by atoms with Gasteiger partial charge in [-0.1, -0.05) is 24.3 Å². The first-order valence-corrected chi connectivity index (χ1v) is 8.86. The van der Waals surface area contributed by atoms with Crippen LogP contribution in [0.1, 0.15) is 32.4 Å². The second-order valence-electron chi connectivity index (χ2n) is 6.40. The van der Waals surface area contributed by atoms with Gasteiger partial charge in [0.2, 0.25) is 0 Å². The van der Waals surface area contributed by atoms with Crippen LogP contribution in [0.15, 0.2) is 72.8 Å². The van der Waals surface area contributed by atoms with Crippen molar-refractivity contribution in [1.29, 1.82) is 0 Å². The van der Waals surface area contributed by atoms with Gasteiger partial charge in [0.25, 0.3) is 11.8 Å². The minimum atomic E-state index is -0.375. The maximum absolute atomic E-state index is 12.5. The van der Waals surface area contributed by atoms with Gasteiger partial charge in [-0.15, -0.1) is 0 Å². The molecular weight excluding hydrogens is 354 g/mol. The van der Waals surface area contributed by atoms with Crippen LogP contribution in [0.5, 0.6) is 5.75 Å². The molecule has 0 bridgehead atoms. The van der Waals surface area contributed by atoms with E-state index in [4.69, 9.17) is 4.74 Å². The minimum Gasteiger partial charge on any atom is -0.497 e. The molecule has 1 heterocycles. The van der Waals surface area contributed by atoms with Crippen molar-refractivity contribution in [3.8, 4) is 5.75 Å². The molecule has 1 aliphatic heterocycles. The fraction of sp³-hybridized carbons (Fsp3) is 0.0909. The van der Waals surface area contributed by atoms with Crippen LogP contribution in [0.25, 0.3) is 0 Å². The second kappa shape index (κ2) is 7.44. The maximum Gasteiger partial charge on any atom is 0.255 e. The van der Waals surface area contributed by atoms with Gasteiger partial charge < -0.3 is 20.7 Å². The molecule has 1 aliphatic rings. The van der Waals surface area contributed by atoms with E-state index in [-0.39, 0.29) is 18.0 Å². The number of nitrogens with one attached hydrogen (secondary N) is 3. The third-order valence-corrected chi connectivity index (χ3v) is 4.58. The van der Waals surface area contributed by atoms with Crippen LogP contribution in [0.4, 0.5) is 11.4 Å². The summed E-state index contributed by atoms with van der Waals surface area (Å²) >= 11 is 0. The van der Waals surface area contributed by atoms with Crippen molar-refractivity contribution in [2.75, 3.05) is 17.7 Å². The van der Waals surface area contributed by atoms with Crippen molar-refractivity contribution in [2.45, 2.75) is 6.17 Å². The Hall–Kier alpha value is -3.80.